The van der Waals surface area contributed by atoms with E-state index in [1.807, 2.05) is 13.2 Å². The summed E-state index contributed by atoms with van der Waals surface area (Å²) in [6.45, 7) is 2.68. The standard InChI is InChI=1S/C8H17NO2S/c1-6(3-4-9)5-7(12-2)8(10)11/h6-7H,3-5,9H2,1-2H3,(H,10,11). The van der Waals surface area contributed by atoms with Crippen molar-refractivity contribution in [3.05, 3.63) is 0 Å². The molecule has 2 atom stereocenters. The van der Waals surface area contributed by atoms with Gasteiger partial charge in [0.25, 0.3) is 0 Å². The van der Waals surface area contributed by atoms with Gasteiger partial charge in [-0.1, -0.05) is 6.92 Å². The quantitative estimate of drug-likeness (QED) is 0.661. The molecule has 3 N–H and O–H groups in total. The summed E-state index contributed by atoms with van der Waals surface area (Å²) in [5.74, 6) is -0.310. The summed E-state index contributed by atoms with van der Waals surface area (Å²) in [4.78, 5) is 10.6. The lowest BCUT2D eigenvalue weighted by atomic mass is 10.0. The van der Waals surface area contributed by atoms with Gasteiger partial charge in [0.15, 0.2) is 0 Å². The SMILES string of the molecule is CSC(CC(C)CCN)C(=O)O. The molecule has 0 spiro atoms. The van der Waals surface area contributed by atoms with E-state index in [0.29, 0.717) is 18.9 Å². The summed E-state index contributed by atoms with van der Waals surface area (Å²) in [6.07, 6.45) is 3.45. The van der Waals surface area contributed by atoms with E-state index < -0.39 is 5.97 Å². The third kappa shape index (κ3) is 4.62. The largest absolute Gasteiger partial charge is 0.480 e. The summed E-state index contributed by atoms with van der Waals surface area (Å²) in [5, 5.41) is 8.47. The van der Waals surface area contributed by atoms with E-state index in [1.165, 1.54) is 11.8 Å². The Morgan fingerprint density at radius 3 is 2.58 bits per heavy atom. The van der Waals surface area contributed by atoms with E-state index >= 15 is 0 Å². The van der Waals surface area contributed by atoms with Crippen molar-refractivity contribution < 1.29 is 9.90 Å². The zero-order valence-electron chi connectivity index (χ0n) is 7.62. The van der Waals surface area contributed by atoms with Crippen LogP contribution >= 0.6 is 11.8 Å². The van der Waals surface area contributed by atoms with E-state index in [1.54, 1.807) is 0 Å². The van der Waals surface area contributed by atoms with Crippen molar-refractivity contribution in [3.63, 3.8) is 0 Å². The van der Waals surface area contributed by atoms with Crippen LogP contribution in [0.1, 0.15) is 19.8 Å². The first-order valence-corrected chi connectivity index (χ1v) is 5.36. The fraction of sp³-hybridized carbons (Fsp3) is 0.875. The second-order valence-electron chi connectivity index (χ2n) is 2.98. The Balaban J connectivity index is 3.77. The lowest BCUT2D eigenvalue weighted by Crippen LogP contribution is -2.20. The molecule has 0 aliphatic carbocycles. The Labute approximate surface area is 77.7 Å². The van der Waals surface area contributed by atoms with Crippen LogP contribution in [0.3, 0.4) is 0 Å². The fourth-order valence-corrected chi connectivity index (χ4v) is 1.79. The minimum Gasteiger partial charge on any atom is -0.480 e. The number of hydrogen-bond acceptors (Lipinski definition) is 3. The van der Waals surface area contributed by atoms with Crippen LogP contribution in [0.15, 0.2) is 0 Å². The summed E-state index contributed by atoms with van der Waals surface area (Å²) in [7, 11) is 0. The van der Waals surface area contributed by atoms with E-state index in [4.69, 9.17) is 10.8 Å². The van der Waals surface area contributed by atoms with Gasteiger partial charge in [0.2, 0.25) is 0 Å². The molecule has 0 saturated heterocycles. The fourth-order valence-electron chi connectivity index (χ4n) is 1.07. The number of carboxylic acids is 1. The van der Waals surface area contributed by atoms with Gasteiger partial charge in [-0.2, -0.15) is 11.8 Å². The summed E-state index contributed by atoms with van der Waals surface area (Å²) in [6, 6.07) is 0. The van der Waals surface area contributed by atoms with E-state index in [0.717, 1.165) is 6.42 Å². The predicted molar refractivity (Wildman–Crippen MR) is 52.4 cm³/mol. The van der Waals surface area contributed by atoms with Gasteiger partial charge >= 0.3 is 5.97 Å². The molecule has 12 heavy (non-hydrogen) atoms. The lowest BCUT2D eigenvalue weighted by Gasteiger charge is -2.14. The molecule has 0 aromatic rings. The molecule has 0 aliphatic heterocycles. The highest BCUT2D eigenvalue weighted by molar-refractivity contribution is 7.99. The first-order chi connectivity index (χ1) is 5.61. The van der Waals surface area contributed by atoms with Crippen molar-refractivity contribution in [1.82, 2.24) is 0 Å². The molecule has 0 saturated carbocycles. The monoisotopic (exact) mass is 191 g/mol. The maximum absolute atomic E-state index is 10.6. The highest BCUT2D eigenvalue weighted by atomic mass is 32.2. The second kappa shape index (κ2) is 6.31. The number of aliphatic carboxylic acids is 1. The molecule has 0 aromatic heterocycles. The minimum atomic E-state index is -0.716. The smallest absolute Gasteiger partial charge is 0.316 e. The Bertz CT molecular complexity index is 141. The van der Waals surface area contributed by atoms with Crippen molar-refractivity contribution >= 4 is 17.7 Å². The van der Waals surface area contributed by atoms with Crippen LogP contribution in [0, 0.1) is 5.92 Å². The third-order valence-electron chi connectivity index (χ3n) is 1.84. The molecule has 2 unspecified atom stereocenters. The zero-order chi connectivity index (χ0) is 9.56. The lowest BCUT2D eigenvalue weighted by molar-refractivity contribution is -0.136. The molecule has 0 aliphatic rings. The van der Waals surface area contributed by atoms with Crippen LogP contribution < -0.4 is 5.73 Å². The van der Waals surface area contributed by atoms with Crippen LogP contribution in [0.2, 0.25) is 0 Å². The number of carbonyl (C=O) groups is 1. The van der Waals surface area contributed by atoms with Crippen LogP contribution in [0.4, 0.5) is 0 Å². The maximum atomic E-state index is 10.6. The molecule has 0 amide bonds. The number of hydrogen-bond donors (Lipinski definition) is 2. The van der Waals surface area contributed by atoms with Crippen molar-refractivity contribution in [2.24, 2.45) is 11.7 Å². The second-order valence-corrected chi connectivity index (χ2v) is 4.02. The first kappa shape index (κ1) is 11.8. The van der Waals surface area contributed by atoms with Crippen LogP contribution in [0.5, 0.6) is 0 Å². The molecule has 0 fully saturated rings. The van der Waals surface area contributed by atoms with Gasteiger partial charge < -0.3 is 10.8 Å². The Kier molecular flexibility index (Phi) is 6.20. The van der Waals surface area contributed by atoms with Crippen molar-refractivity contribution in [2.75, 3.05) is 12.8 Å². The molecule has 3 nitrogen and oxygen atoms in total. The van der Waals surface area contributed by atoms with Gasteiger partial charge in [-0.25, -0.2) is 0 Å². The van der Waals surface area contributed by atoms with Gasteiger partial charge in [-0.15, -0.1) is 0 Å². The third-order valence-corrected chi connectivity index (χ3v) is 2.80. The topological polar surface area (TPSA) is 63.3 Å². The van der Waals surface area contributed by atoms with E-state index in [2.05, 4.69) is 0 Å². The molecule has 0 aromatic carbocycles. The van der Waals surface area contributed by atoms with Crippen LogP contribution in [0.25, 0.3) is 0 Å². The zero-order valence-corrected chi connectivity index (χ0v) is 8.43. The van der Waals surface area contributed by atoms with Gasteiger partial charge in [-0.3, -0.25) is 4.79 Å². The van der Waals surface area contributed by atoms with Gasteiger partial charge in [0, 0.05) is 0 Å². The van der Waals surface area contributed by atoms with Gasteiger partial charge in [-0.05, 0) is 31.6 Å². The number of rotatable bonds is 6. The molecule has 0 bridgehead atoms. The molecule has 0 radical (unpaired) electrons. The van der Waals surface area contributed by atoms with Crippen molar-refractivity contribution in [2.45, 2.75) is 25.0 Å². The van der Waals surface area contributed by atoms with Crippen molar-refractivity contribution in [1.29, 1.82) is 0 Å². The first-order valence-electron chi connectivity index (χ1n) is 4.07. The number of nitrogens with two attached hydrogens (primary N) is 1. The summed E-state index contributed by atoms with van der Waals surface area (Å²) >= 11 is 1.39. The minimum absolute atomic E-state index is 0.272. The van der Waals surface area contributed by atoms with Crippen molar-refractivity contribution in [3.8, 4) is 0 Å². The Morgan fingerprint density at radius 2 is 2.25 bits per heavy atom. The van der Waals surface area contributed by atoms with E-state index in [9.17, 15) is 4.79 Å². The normalized spacial score (nSPS) is 15.6. The molecule has 0 heterocycles. The number of carboxylic acid groups (broad SMARTS) is 1. The summed E-state index contributed by atoms with van der Waals surface area (Å²) < 4.78 is 0. The van der Waals surface area contributed by atoms with Crippen LogP contribution in [-0.2, 0) is 4.79 Å². The summed E-state index contributed by atoms with van der Waals surface area (Å²) in [5.41, 5.74) is 5.37. The maximum Gasteiger partial charge on any atom is 0.316 e. The number of thioether (sulfide) groups is 1. The average Bonchev–Trinajstić information content (AvgIpc) is 2.00. The highest BCUT2D eigenvalue weighted by Crippen LogP contribution is 2.18. The molecule has 72 valence electrons. The Hall–Kier alpha value is -0.220. The van der Waals surface area contributed by atoms with Crippen LogP contribution in [-0.4, -0.2) is 29.1 Å². The molecule has 0 rings (SSSR count). The average molecular weight is 191 g/mol. The highest BCUT2D eigenvalue weighted by Gasteiger charge is 2.18. The molecular weight excluding hydrogens is 174 g/mol. The molecular formula is C8H17NO2S. The van der Waals surface area contributed by atoms with Gasteiger partial charge in [0.1, 0.15) is 5.25 Å². The predicted octanol–water partition coefficient (Wildman–Crippen LogP) is 1.18. The van der Waals surface area contributed by atoms with Gasteiger partial charge in [0.05, 0.1) is 0 Å². The molecule has 4 heteroatoms. The van der Waals surface area contributed by atoms with E-state index in [-0.39, 0.29) is 5.25 Å². The Morgan fingerprint density at radius 1 is 1.67 bits per heavy atom.